The van der Waals surface area contributed by atoms with Crippen molar-refractivity contribution in [2.24, 2.45) is 0 Å². The monoisotopic (exact) mass is 354 g/mol. The summed E-state index contributed by atoms with van der Waals surface area (Å²) in [4.78, 5) is 0. The molecule has 0 saturated heterocycles. The van der Waals surface area contributed by atoms with E-state index in [0.717, 1.165) is 0 Å². The Balaban J connectivity index is 1.91. The Hall–Kier alpha value is -3.54. The van der Waals surface area contributed by atoms with Crippen LogP contribution in [0.5, 0.6) is 34.5 Å². The molecule has 0 radical (unpaired) electrons. The number of rotatable bonds is 4. The van der Waals surface area contributed by atoms with Crippen LogP contribution in [0, 0.1) is 0 Å². The lowest BCUT2D eigenvalue weighted by Gasteiger charge is -2.13. The molecule has 0 aliphatic carbocycles. The van der Waals surface area contributed by atoms with Gasteiger partial charge in [0.05, 0.1) is 0 Å². The molecule has 3 rings (SSSR count). The standard InChI is InChI=1S/C20H18O6/c21-15-5-1-3-11(17(15)23)9-13-7-8-14(20(26)19(13)25)10-12-4-2-6-16(22)18(12)24/h1-8,21-26H,9-10H2. The van der Waals surface area contributed by atoms with Gasteiger partial charge in [0.15, 0.2) is 34.5 Å². The van der Waals surface area contributed by atoms with E-state index in [9.17, 15) is 30.6 Å². The summed E-state index contributed by atoms with van der Waals surface area (Å²) in [5.41, 5.74) is 1.54. The molecule has 0 heterocycles. The predicted molar refractivity (Wildman–Crippen MR) is 94.9 cm³/mol. The predicted octanol–water partition coefficient (Wildman–Crippen LogP) is 3.10. The minimum absolute atomic E-state index is 0.108. The highest BCUT2D eigenvalue weighted by atomic mass is 16.3. The second kappa shape index (κ2) is 6.76. The van der Waals surface area contributed by atoms with E-state index < -0.39 is 0 Å². The lowest BCUT2D eigenvalue weighted by Crippen LogP contribution is -1.95. The van der Waals surface area contributed by atoms with Crippen LogP contribution in [-0.2, 0) is 12.8 Å². The molecule has 0 aromatic heterocycles. The molecule has 0 aliphatic rings. The van der Waals surface area contributed by atoms with E-state index >= 15 is 0 Å². The molecule has 0 fully saturated rings. The quantitative estimate of drug-likeness (QED) is 0.400. The number of benzene rings is 3. The number of aromatic hydroxyl groups is 6. The van der Waals surface area contributed by atoms with Crippen LogP contribution >= 0.6 is 0 Å². The summed E-state index contributed by atoms with van der Waals surface area (Å²) in [5, 5.41) is 59.5. The van der Waals surface area contributed by atoms with Gasteiger partial charge in [-0.3, -0.25) is 0 Å². The maximum Gasteiger partial charge on any atom is 0.161 e. The Morgan fingerprint density at radius 2 is 0.769 bits per heavy atom. The summed E-state index contributed by atoms with van der Waals surface area (Å²) in [5.74, 6) is -1.76. The van der Waals surface area contributed by atoms with Gasteiger partial charge in [0.1, 0.15) is 0 Å². The minimum Gasteiger partial charge on any atom is -0.504 e. The lowest BCUT2D eigenvalue weighted by molar-refractivity contribution is 0.391. The Bertz CT molecular complexity index is 886. The van der Waals surface area contributed by atoms with E-state index in [0.29, 0.717) is 22.3 Å². The Kier molecular flexibility index (Phi) is 4.49. The third kappa shape index (κ3) is 3.17. The second-order valence-electron chi connectivity index (χ2n) is 6.00. The zero-order valence-corrected chi connectivity index (χ0v) is 13.7. The van der Waals surface area contributed by atoms with E-state index in [1.807, 2.05) is 0 Å². The van der Waals surface area contributed by atoms with Gasteiger partial charge in [-0.2, -0.15) is 0 Å². The van der Waals surface area contributed by atoms with Crippen molar-refractivity contribution in [1.82, 2.24) is 0 Å². The molecule has 0 bridgehead atoms. The van der Waals surface area contributed by atoms with E-state index in [4.69, 9.17) is 0 Å². The van der Waals surface area contributed by atoms with Crippen molar-refractivity contribution < 1.29 is 30.6 Å². The Labute approximate surface area is 149 Å². The zero-order chi connectivity index (χ0) is 18.8. The third-order valence-corrected chi connectivity index (χ3v) is 4.28. The summed E-state index contributed by atoms with van der Waals surface area (Å²) in [7, 11) is 0. The number of para-hydroxylation sites is 2. The summed E-state index contributed by atoms with van der Waals surface area (Å²) < 4.78 is 0. The normalized spacial score (nSPS) is 10.8. The molecule has 6 heteroatoms. The van der Waals surface area contributed by atoms with Crippen LogP contribution in [0.2, 0.25) is 0 Å². The smallest absolute Gasteiger partial charge is 0.161 e. The fourth-order valence-electron chi connectivity index (χ4n) is 2.80. The van der Waals surface area contributed by atoms with Crippen molar-refractivity contribution in [1.29, 1.82) is 0 Å². The van der Waals surface area contributed by atoms with Gasteiger partial charge in [0.2, 0.25) is 0 Å². The van der Waals surface area contributed by atoms with Crippen molar-refractivity contribution in [2.45, 2.75) is 12.8 Å². The number of hydrogen-bond donors (Lipinski definition) is 6. The fraction of sp³-hybridized carbons (Fsp3) is 0.100. The topological polar surface area (TPSA) is 121 Å². The third-order valence-electron chi connectivity index (χ3n) is 4.28. The summed E-state index contributed by atoms with van der Waals surface area (Å²) >= 11 is 0. The van der Waals surface area contributed by atoms with E-state index in [1.165, 1.54) is 12.1 Å². The van der Waals surface area contributed by atoms with Gasteiger partial charge < -0.3 is 30.6 Å². The summed E-state index contributed by atoms with van der Waals surface area (Å²) in [6, 6.07) is 12.2. The van der Waals surface area contributed by atoms with Gasteiger partial charge in [0.25, 0.3) is 0 Å². The summed E-state index contributed by atoms with van der Waals surface area (Å²) in [6.07, 6.45) is 0.217. The molecule has 0 aliphatic heterocycles. The first-order chi connectivity index (χ1) is 12.4. The highest BCUT2D eigenvalue weighted by Gasteiger charge is 2.16. The maximum absolute atomic E-state index is 10.3. The first-order valence-corrected chi connectivity index (χ1v) is 7.90. The molecule has 0 spiro atoms. The molecular formula is C20H18O6. The zero-order valence-electron chi connectivity index (χ0n) is 13.7. The molecule has 26 heavy (non-hydrogen) atoms. The van der Waals surface area contributed by atoms with Crippen LogP contribution in [0.1, 0.15) is 22.3 Å². The Morgan fingerprint density at radius 1 is 0.423 bits per heavy atom. The van der Waals surface area contributed by atoms with Crippen LogP contribution in [-0.4, -0.2) is 30.6 Å². The molecule has 0 amide bonds. The van der Waals surface area contributed by atoms with Crippen LogP contribution in [0.25, 0.3) is 0 Å². The molecular weight excluding hydrogens is 336 g/mol. The maximum atomic E-state index is 10.3. The van der Waals surface area contributed by atoms with Crippen LogP contribution in [0.3, 0.4) is 0 Å². The number of phenolic OH excluding ortho intramolecular Hbond substituents is 6. The summed E-state index contributed by atoms with van der Waals surface area (Å²) in [6.45, 7) is 0. The average molecular weight is 354 g/mol. The van der Waals surface area contributed by atoms with Crippen LogP contribution in [0.4, 0.5) is 0 Å². The van der Waals surface area contributed by atoms with Gasteiger partial charge in [0, 0.05) is 35.1 Å². The lowest BCUT2D eigenvalue weighted by atomic mass is 9.97. The minimum atomic E-state index is -0.343. The van der Waals surface area contributed by atoms with Gasteiger partial charge in [-0.1, -0.05) is 36.4 Å². The van der Waals surface area contributed by atoms with E-state index in [-0.39, 0.29) is 47.3 Å². The van der Waals surface area contributed by atoms with Crippen molar-refractivity contribution in [3.8, 4) is 34.5 Å². The molecule has 0 saturated carbocycles. The SMILES string of the molecule is Oc1cccc(Cc2ccc(Cc3cccc(O)c3O)c(O)c2O)c1O. The van der Waals surface area contributed by atoms with Gasteiger partial charge in [-0.25, -0.2) is 0 Å². The molecule has 3 aromatic rings. The van der Waals surface area contributed by atoms with Crippen molar-refractivity contribution in [3.63, 3.8) is 0 Å². The van der Waals surface area contributed by atoms with Crippen LogP contribution in [0.15, 0.2) is 48.5 Å². The fourth-order valence-corrected chi connectivity index (χ4v) is 2.80. The first kappa shape index (κ1) is 17.3. The molecule has 0 atom stereocenters. The molecule has 3 aromatic carbocycles. The number of phenols is 6. The van der Waals surface area contributed by atoms with E-state index in [2.05, 4.69) is 0 Å². The van der Waals surface area contributed by atoms with Crippen molar-refractivity contribution >= 4 is 0 Å². The molecule has 6 N–H and O–H groups in total. The largest absolute Gasteiger partial charge is 0.504 e. The molecule has 6 nitrogen and oxygen atoms in total. The van der Waals surface area contributed by atoms with Gasteiger partial charge >= 0.3 is 0 Å². The highest BCUT2D eigenvalue weighted by Crippen LogP contribution is 2.39. The number of hydrogen-bond acceptors (Lipinski definition) is 6. The van der Waals surface area contributed by atoms with Gasteiger partial charge in [-0.15, -0.1) is 0 Å². The molecule has 0 unspecified atom stereocenters. The van der Waals surface area contributed by atoms with E-state index in [1.54, 1.807) is 36.4 Å². The first-order valence-electron chi connectivity index (χ1n) is 7.90. The second-order valence-corrected chi connectivity index (χ2v) is 6.00. The van der Waals surface area contributed by atoms with Crippen molar-refractivity contribution in [3.05, 3.63) is 70.8 Å². The highest BCUT2D eigenvalue weighted by molar-refractivity contribution is 5.56. The molecule has 134 valence electrons. The Morgan fingerprint density at radius 3 is 1.15 bits per heavy atom. The van der Waals surface area contributed by atoms with Crippen LogP contribution < -0.4 is 0 Å². The van der Waals surface area contributed by atoms with Crippen molar-refractivity contribution in [2.75, 3.05) is 0 Å². The van der Waals surface area contributed by atoms with Gasteiger partial charge in [-0.05, 0) is 12.1 Å². The average Bonchev–Trinajstić information content (AvgIpc) is 2.62.